The third-order valence-electron chi connectivity index (χ3n) is 5.93. The molecule has 1 aromatic carbocycles. The average Bonchev–Trinajstić information content (AvgIpc) is 2.76. The topological polar surface area (TPSA) is 96.0 Å². The highest BCUT2D eigenvalue weighted by Gasteiger charge is 2.29. The van der Waals surface area contributed by atoms with E-state index in [1.165, 1.54) is 4.31 Å². The lowest BCUT2D eigenvalue weighted by Gasteiger charge is -2.31. The fourth-order valence-corrected chi connectivity index (χ4v) is 5.74. The van der Waals surface area contributed by atoms with Gasteiger partial charge in [-0.25, -0.2) is 8.42 Å². The molecule has 1 aromatic rings. The largest absolute Gasteiger partial charge is 0.466 e. The molecule has 9 heteroatoms. The van der Waals surface area contributed by atoms with Crippen LogP contribution in [-0.2, 0) is 24.3 Å². The summed E-state index contributed by atoms with van der Waals surface area (Å²) in [7, 11) is -3.57. The van der Waals surface area contributed by atoms with Gasteiger partial charge >= 0.3 is 5.97 Å². The van der Waals surface area contributed by atoms with Crippen LogP contribution in [-0.4, -0.2) is 68.8 Å². The summed E-state index contributed by atoms with van der Waals surface area (Å²) in [5.41, 5.74) is 1.30. The standard InChI is InChI=1S/C22H33N3O5S/c1-3-30-22(27)18-8-7-11-24(15-18)16-21(26)23-20-14-19(10-9-17(20)2)31(28,29)25-12-5-4-6-13-25/h9-10,14,18H,3-8,11-13,15-16H2,1-2H3,(H,23,26). The lowest BCUT2D eigenvalue weighted by molar-refractivity contribution is -0.150. The number of amides is 1. The predicted octanol–water partition coefficient (Wildman–Crippen LogP) is 2.38. The summed E-state index contributed by atoms with van der Waals surface area (Å²) in [5, 5.41) is 2.86. The van der Waals surface area contributed by atoms with E-state index in [9.17, 15) is 18.0 Å². The molecular weight excluding hydrogens is 418 g/mol. The molecule has 8 nitrogen and oxygen atoms in total. The molecule has 0 saturated carbocycles. The van der Waals surface area contributed by atoms with Crippen molar-refractivity contribution >= 4 is 27.6 Å². The zero-order chi connectivity index (χ0) is 22.4. The SMILES string of the molecule is CCOC(=O)C1CCCN(CC(=O)Nc2cc(S(=O)(=O)N3CCCCC3)ccc2C)C1. The van der Waals surface area contributed by atoms with E-state index in [1.807, 2.05) is 11.8 Å². The number of piperidine rings is 2. The van der Waals surface area contributed by atoms with Crippen molar-refractivity contribution in [1.82, 2.24) is 9.21 Å². The highest BCUT2D eigenvalue weighted by Crippen LogP contribution is 2.25. The highest BCUT2D eigenvalue weighted by molar-refractivity contribution is 7.89. The number of nitrogens with one attached hydrogen (secondary N) is 1. The van der Waals surface area contributed by atoms with Crippen molar-refractivity contribution < 1.29 is 22.7 Å². The minimum absolute atomic E-state index is 0.151. The van der Waals surface area contributed by atoms with Crippen LogP contribution >= 0.6 is 0 Å². The Kier molecular flexibility index (Phi) is 8.07. The fourth-order valence-electron chi connectivity index (χ4n) is 4.20. The number of nitrogens with zero attached hydrogens (tertiary/aromatic N) is 2. The van der Waals surface area contributed by atoms with Crippen molar-refractivity contribution in [3.63, 3.8) is 0 Å². The summed E-state index contributed by atoms with van der Waals surface area (Å²) in [6.07, 6.45) is 4.40. The first kappa shape index (κ1) is 23.7. The number of rotatable bonds is 7. The molecule has 2 aliphatic rings. The molecule has 1 unspecified atom stereocenters. The van der Waals surface area contributed by atoms with Gasteiger partial charge in [0.1, 0.15) is 0 Å². The molecule has 0 bridgehead atoms. The molecular formula is C22H33N3O5S. The molecule has 31 heavy (non-hydrogen) atoms. The molecule has 3 rings (SSSR count). The number of carbonyl (C=O) groups excluding carboxylic acids is 2. The Hall–Kier alpha value is -1.97. The van der Waals surface area contributed by atoms with Crippen molar-refractivity contribution in [2.24, 2.45) is 5.92 Å². The number of likely N-dealkylation sites (tertiary alicyclic amines) is 1. The van der Waals surface area contributed by atoms with E-state index < -0.39 is 10.0 Å². The minimum Gasteiger partial charge on any atom is -0.466 e. The van der Waals surface area contributed by atoms with Gasteiger partial charge in [-0.1, -0.05) is 12.5 Å². The molecule has 2 aliphatic heterocycles. The van der Waals surface area contributed by atoms with Gasteiger partial charge < -0.3 is 10.1 Å². The van der Waals surface area contributed by atoms with Crippen LogP contribution < -0.4 is 5.32 Å². The van der Waals surface area contributed by atoms with Crippen molar-refractivity contribution in [1.29, 1.82) is 0 Å². The first-order valence-electron chi connectivity index (χ1n) is 11.1. The Bertz CT molecular complexity index is 896. The molecule has 1 atom stereocenters. The van der Waals surface area contributed by atoms with Gasteiger partial charge in [0, 0.05) is 25.3 Å². The van der Waals surface area contributed by atoms with Gasteiger partial charge in [0.2, 0.25) is 15.9 Å². The lowest BCUT2D eigenvalue weighted by atomic mass is 9.98. The van der Waals surface area contributed by atoms with E-state index >= 15 is 0 Å². The minimum atomic E-state index is -3.57. The van der Waals surface area contributed by atoms with E-state index in [0.29, 0.717) is 31.9 Å². The van der Waals surface area contributed by atoms with Gasteiger partial charge in [0.15, 0.2) is 0 Å². The van der Waals surface area contributed by atoms with E-state index in [2.05, 4.69) is 5.32 Å². The van der Waals surface area contributed by atoms with Crippen LogP contribution in [0.3, 0.4) is 0 Å². The Morgan fingerprint density at radius 2 is 1.87 bits per heavy atom. The maximum atomic E-state index is 13.0. The van der Waals surface area contributed by atoms with E-state index in [0.717, 1.165) is 44.2 Å². The highest BCUT2D eigenvalue weighted by atomic mass is 32.2. The Morgan fingerprint density at radius 3 is 2.58 bits per heavy atom. The van der Waals surface area contributed by atoms with Gasteiger partial charge in [-0.05, 0) is 63.8 Å². The summed E-state index contributed by atoms with van der Waals surface area (Å²) < 4.78 is 32.6. The summed E-state index contributed by atoms with van der Waals surface area (Å²) >= 11 is 0. The van der Waals surface area contributed by atoms with E-state index in [1.54, 1.807) is 25.1 Å². The predicted molar refractivity (Wildman–Crippen MR) is 118 cm³/mol. The Morgan fingerprint density at radius 1 is 1.13 bits per heavy atom. The third-order valence-corrected chi connectivity index (χ3v) is 7.82. The molecule has 0 spiro atoms. The lowest BCUT2D eigenvalue weighted by Crippen LogP contribution is -2.43. The molecule has 1 amide bonds. The number of sulfonamides is 1. The van der Waals surface area contributed by atoms with Crippen molar-refractivity contribution in [3.8, 4) is 0 Å². The van der Waals surface area contributed by atoms with Crippen LogP contribution in [0.25, 0.3) is 0 Å². The van der Waals surface area contributed by atoms with Crippen LogP contribution in [0.15, 0.2) is 23.1 Å². The summed E-state index contributed by atoms with van der Waals surface area (Å²) in [4.78, 5) is 26.8. The first-order valence-corrected chi connectivity index (χ1v) is 12.5. The Labute approximate surface area is 185 Å². The first-order chi connectivity index (χ1) is 14.8. The second kappa shape index (κ2) is 10.6. The number of aryl methyl sites for hydroxylation is 1. The average molecular weight is 452 g/mol. The normalized spacial score (nSPS) is 20.9. The van der Waals surface area contributed by atoms with Crippen LogP contribution in [0.2, 0.25) is 0 Å². The number of hydrogen-bond acceptors (Lipinski definition) is 6. The molecule has 2 heterocycles. The van der Waals surface area contributed by atoms with Crippen molar-refractivity contribution in [3.05, 3.63) is 23.8 Å². The molecule has 1 N–H and O–H groups in total. The smallest absolute Gasteiger partial charge is 0.310 e. The monoisotopic (exact) mass is 451 g/mol. The van der Waals surface area contributed by atoms with E-state index in [-0.39, 0.29) is 29.2 Å². The fraction of sp³-hybridized carbons (Fsp3) is 0.636. The van der Waals surface area contributed by atoms with Gasteiger partial charge in [-0.3, -0.25) is 14.5 Å². The molecule has 0 radical (unpaired) electrons. The number of ether oxygens (including phenoxy) is 1. The van der Waals surface area contributed by atoms with Crippen molar-refractivity contribution in [2.45, 2.75) is 50.8 Å². The van der Waals surface area contributed by atoms with Crippen LogP contribution in [0.1, 0.15) is 44.6 Å². The Balaban J connectivity index is 1.64. The van der Waals surface area contributed by atoms with Gasteiger partial charge in [-0.15, -0.1) is 0 Å². The number of carbonyl (C=O) groups is 2. The van der Waals surface area contributed by atoms with Gasteiger partial charge in [0.25, 0.3) is 0 Å². The zero-order valence-corrected chi connectivity index (χ0v) is 19.2. The van der Waals surface area contributed by atoms with Crippen LogP contribution in [0.5, 0.6) is 0 Å². The van der Waals surface area contributed by atoms with Crippen LogP contribution in [0.4, 0.5) is 5.69 Å². The molecule has 2 saturated heterocycles. The number of hydrogen-bond donors (Lipinski definition) is 1. The molecule has 172 valence electrons. The molecule has 0 aliphatic carbocycles. The summed E-state index contributed by atoms with van der Waals surface area (Å²) in [5.74, 6) is -0.638. The number of esters is 1. The maximum Gasteiger partial charge on any atom is 0.310 e. The van der Waals surface area contributed by atoms with Gasteiger partial charge in [0.05, 0.1) is 24.0 Å². The van der Waals surface area contributed by atoms with Crippen molar-refractivity contribution in [2.75, 3.05) is 44.6 Å². The quantitative estimate of drug-likeness (QED) is 0.640. The summed E-state index contributed by atoms with van der Waals surface area (Å²) in [6.45, 7) is 6.44. The molecule has 0 aromatic heterocycles. The van der Waals surface area contributed by atoms with Gasteiger partial charge in [-0.2, -0.15) is 4.31 Å². The maximum absolute atomic E-state index is 13.0. The zero-order valence-electron chi connectivity index (χ0n) is 18.4. The number of benzene rings is 1. The van der Waals surface area contributed by atoms with E-state index in [4.69, 9.17) is 4.74 Å². The number of anilines is 1. The third kappa shape index (κ3) is 6.05. The molecule has 2 fully saturated rings. The van der Waals surface area contributed by atoms with Crippen LogP contribution in [0, 0.1) is 12.8 Å². The second-order valence-corrected chi connectivity index (χ2v) is 10.3. The summed E-state index contributed by atoms with van der Waals surface area (Å²) in [6, 6.07) is 4.88. The second-order valence-electron chi connectivity index (χ2n) is 8.32.